The predicted molar refractivity (Wildman–Crippen MR) is 89.7 cm³/mol. The summed E-state index contributed by atoms with van der Waals surface area (Å²) in [7, 11) is 0. The minimum Gasteiger partial charge on any atom is -0.378 e. The number of nitrogens with one attached hydrogen (secondary N) is 2. The second kappa shape index (κ2) is 7.92. The molecule has 2 aromatic rings. The molecule has 0 bridgehead atoms. The number of nitrogens with zero attached hydrogens (tertiary/aromatic N) is 2. The Bertz CT molecular complexity index is 680. The maximum absolute atomic E-state index is 12.0. The van der Waals surface area contributed by atoms with E-state index in [2.05, 4.69) is 20.8 Å². The van der Waals surface area contributed by atoms with Crippen LogP contribution in [0, 0.1) is 6.92 Å². The van der Waals surface area contributed by atoms with Crippen LogP contribution in [0.3, 0.4) is 0 Å². The number of aryl methyl sites for hydroxylation is 1. The first-order valence-corrected chi connectivity index (χ1v) is 8.28. The summed E-state index contributed by atoms with van der Waals surface area (Å²) in [5.74, 6) is 1.01. The van der Waals surface area contributed by atoms with E-state index < -0.39 is 0 Å². The van der Waals surface area contributed by atoms with Crippen LogP contribution in [0.25, 0.3) is 11.4 Å². The van der Waals surface area contributed by atoms with Gasteiger partial charge in [-0.1, -0.05) is 17.3 Å². The molecule has 2 amide bonds. The van der Waals surface area contributed by atoms with E-state index in [1.54, 1.807) is 6.92 Å². The van der Waals surface area contributed by atoms with Crippen molar-refractivity contribution in [3.8, 4) is 11.4 Å². The van der Waals surface area contributed by atoms with Crippen molar-refractivity contribution in [1.29, 1.82) is 0 Å². The molecule has 24 heavy (non-hydrogen) atoms. The van der Waals surface area contributed by atoms with Gasteiger partial charge < -0.3 is 19.9 Å². The number of benzene rings is 1. The van der Waals surface area contributed by atoms with Gasteiger partial charge >= 0.3 is 6.03 Å². The van der Waals surface area contributed by atoms with Gasteiger partial charge in [-0.15, -0.1) is 0 Å². The fraction of sp³-hybridized carbons (Fsp3) is 0.471. The number of urea groups is 1. The molecule has 1 atom stereocenters. The standard InChI is InChI=1S/C17H22N4O3/c1-12-19-16(21-24-12)13-5-4-6-14(11-13)20-17(22)18-9-8-15-7-2-3-10-23-15/h4-6,11,15H,2-3,7-10H2,1H3,(H2,18,20,22). The van der Waals surface area contributed by atoms with Gasteiger partial charge in [0.15, 0.2) is 0 Å². The molecule has 1 fully saturated rings. The first-order chi connectivity index (χ1) is 11.7. The van der Waals surface area contributed by atoms with Gasteiger partial charge in [-0.25, -0.2) is 4.79 Å². The van der Waals surface area contributed by atoms with Crippen LogP contribution in [0.1, 0.15) is 31.6 Å². The minimum absolute atomic E-state index is 0.229. The summed E-state index contributed by atoms with van der Waals surface area (Å²) >= 11 is 0. The van der Waals surface area contributed by atoms with E-state index in [1.807, 2.05) is 24.3 Å². The molecule has 0 radical (unpaired) electrons. The summed E-state index contributed by atoms with van der Waals surface area (Å²) in [6.07, 6.45) is 4.54. The van der Waals surface area contributed by atoms with Crippen molar-refractivity contribution in [1.82, 2.24) is 15.5 Å². The number of anilines is 1. The molecule has 1 aromatic heterocycles. The van der Waals surface area contributed by atoms with Gasteiger partial charge in [-0.2, -0.15) is 4.98 Å². The third kappa shape index (κ3) is 4.55. The molecule has 0 saturated carbocycles. The molecule has 1 aromatic carbocycles. The van der Waals surface area contributed by atoms with Crippen LogP contribution in [-0.2, 0) is 4.74 Å². The topological polar surface area (TPSA) is 89.3 Å². The van der Waals surface area contributed by atoms with Crippen LogP contribution in [0.2, 0.25) is 0 Å². The summed E-state index contributed by atoms with van der Waals surface area (Å²) in [6, 6.07) is 7.11. The molecule has 1 unspecified atom stereocenters. The van der Waals surface area contributed by atoms with Crippen molar-refractivity contribution in [2.75, 3.05) is 18.5 Å². The molecule has 7 nitrogen and oxygen atoms in total. The molecule has 1 aliphatic rings. The molecule has 0 spiro atoms. The van der Waals surface area contributed by atoms with Gasteiger partial charge in [-0.05, 0) is 37.8 Å². The summed E-state index contributed by atoms with van der Waals surface area (Å²) in [5, 5.41) is 9.56. The lowest BCUT2D eigenvalue weighted by Crippen LogP contribution is -2.32. The smallest absolute Gasteiger partial charge is 0.319 e. The second-order valence-electron chi connectivity index (χ2n) is 5.88. The third-order valence-electron chi connectivity index (χ3n) is 3.93. The van der Waals surface area contributed by atoms with Gasteiger partial charge in [0.25, 0.3) is 0 Å². The van der Waals surface area contributed by atoms with Gasteiger partial charge in [0.1, 0.15) is 0 Å². The summed E-state index contributed by atoms with van der Waals surface area (Å²) in [4.78, 5) is 16.2. The van der Waals surface area contributed by atoms with Gasteiger partial charge in [-0.3, -0.25) is 0 Å². The lowest BCUT2D eigenvalue weighted by atomic mass is 10.1. The van der Waals surface area contributed by atoms with E-state index in [0.29, 0.717) is 23.9 Å². The molecule has 7 heteroatoms. The predicted octanol–water partition coefficient (Wildman–Crippen LogP) is 3.13. The fourth-order valence-electron chi connectivity index (χ4n) is 2.71. The summed E-state index contributed by atoms with van der Waals surface area (Å²) < 4.78 is 10.6. The van der Waals surface area contributed by atoms with Crippen molar-refractivity contribution in [3.05, 3.63) is 30.2 Å². The Morgan fingerprint density at radius 1 is 1.38 bits per heavy atom. The van der Waals surface area contributed by atoms with E-state index in [0.717, 1.165) is 31.4 Å². The van der Waals surface area contributed by atoms with Crippen molar-refractivity contribution in [2.24, 2.45) is 0 Å². The number of rotatable bonds is 5. The van der Waals surface area contributed by atoms with Crippen LogP contribution in [0.15, 0.2) is 28.8 Å². The molecule has 2 N–H and O–H groups in total. The highest BCUT2D eigenvalue weighted by Gasteiger charge is 2.14. The van der Waals surface area contributed by atoms with E-state index in [9.17, 15) is 4.79 Å². The first-order valence-electron chi connectivity index (χ1n) is 8.28. The molecule has 128 valence electrons. The Morgan fingerprint density at radius 3 is 3.04 bits per heavy atom. The summed E-state index contributed by atoms with van der Waals surface area (Å²) in [5.41, 5.74) is 1.47. The zero-order valence-corrected chi connectivity index (χ0v) is 13.7. The molecular formula is C17H22N4O3. The number of hydrogen-bond donors (Lipinski definition) is 2. The van der Waals surface area contributed by atoms with Gasteiger partial charge in [0, 0.05) is 31.3 Å². The van der Waals surface area contributed by atoms with Crippen LogP contribution in [0.5, 0.6) is 0 Å². The van der Waals surface area contributed by atoms with E-state index in [4.69, 9.17) is 9.26 Å². The highest BCUT2D eigenvalue weighted by Crippen LogP contribution is 2.20. The van der Waals surface area contributed by atoms with Crippen LogP contribution >= 0.6 is 0 Å². The minimum atomic E-state index is -0.229. The Morgan fingerprint density at radius 2 is 2.29 bits per heavy atom. The van der Waals surface area contributed by atoms with Crippen LogP contribution in [0.4, 0.5) is 10.5 Å². The largest absolute Gasteiger partial charge is 0.378 e. The number of aromatic nitrogens is 2. The molecule has 1 saturated heterocycles. The molecular weight excluding hydrogens is 308 g/mol. The highest BCUT2D eigenvalue weighted by molar-refractivity contribution is 5.89. The van der Waals surface area contributed by atoms with Gasteiger partial charge in [0.05, 0.1) is 6.10 Å². The zero-order valence-electron chi connectivity index (χ0n) is 13.7. The number of carbonyl (C=O) groups excluding carboxylic acids is 1. The van der Waals surface area contributed by atoms with Crippen LogP contribution in [-0.4, -0.2) is 35.4 Å². The number of hydrogen-bond acceptors (Lipinski definition) is 5. The van der Waals surface area contributed by atoms with Crippen molar-refractivity contribution in [2.45, 2.75) is 38.7 Å². The van der Waals surface area contributed by atoms with E-state index >= 15 is 0 Å². The van der Waals surface area contributed by atoms with Crippen molar-refractivity contribution in [3.63, 3.8) is 0 Å². The fourth-order valence-corrected chi connectivity index (χ4v) is 2.71. The third-order valence-corrected chi connectivity index (χ3v) is 3.93. The normalized spacial score (nSPS) is 17.5. The Labute approximate surface area is 140 Å². The Kier molecular flexibility index (Phi) is 5.43. The molecule has 2 heterocycles. The Hall–Kier alpha value is -2.41. The monoisotopic (exact) mass is 330 g/mol. The number of carbonyl (C=O) groups is 1. The average Bonchev–Trinajstić information content (AvgIpc) is 3.03. The quantitative estimate of drug-likeness (QED) is 0.879. The number of ether oxygens (including phenoxy) is 1. The van der Waals surface area contributed by atoms with Gasteiger partial charge in [0.2, 0.25) is 11.7 Å². The maximum Gasteiger partial charge on any atom is 0.319 e. The second-order valence-corrected chi connectivity index (χ2v) is 5.88. The highest BCUT2D eigenvalue weighted by atomic mass is 16.5. The number of amides is 2. The summed E-state index contributed by atoms with van der Waals surface area (Å²) in [6.45, 7) is 3.17. The van der Waals surface area contributed by atoms with E-state index in [1.165, 1.54) is 6.42 Å². The average molecular weight is 330 g/mol. The lowest BCUT2D eigenvalue weighted by Gasteiger charge is -2.22. The Balaban J connectivity index is 1.49. The maximum atomic E-state index is 12.0. The van der Waals surface area contributed by atoms with E-state index in [-0.39, 0.29) is 12.1 Å². The SMILES string of the molecule is Cc1nc(-c2cccc(NC(=O)NCCC3CCCCO3)c2)no1. The molecule has 0 aliphatic carbocycles. The first kappa shape index (κ1) is 16.4. The zero-order chi connectivity index (χ0) is 16.8. The molecule has 3 rings (SSSR count). The molecule has 1 aliphatic heterocycles. The van der Waals surface area contributed by atoms with Crippen molar-refractivity contribution < 1.29 is 14.1 Å². The van der Waals surface area contributed by atoms with Crippen molar-refractivity contribution >= 4 is 11.7 Å². The van der Waals surface area contributed by atoms with Crippen LogP contribution < -0.4 is 10.6 Å². The lowest BCUT2D eigenvalue weighted by molar-refractivity contribution is 0.0120.